The van der Waals surface area contributed by atoms with Crippen LogP contribution in [-0.4, -0.2) is 19.8 Å². The van der Waals surface area contributed by atoms with Crippen LogP contribution in [0.4, 0.5) is 0 Å². The van der Waals surface area contributed by atoms with E-state index in [9.17, 15) is 0 Å². The van der Waals surface area contributed by atoms with E-state index in [2.05, 4.69) is 22.9 Å². The lowest BCUT2D eigenvalue weighted by Gasteiger charge is -2.13. The topological polar surface area (TPSA) is 18.5 Å². The van der Waals surface area contributed by atoms with Crippen LogP contribution in [0.15, 0.2) is 16.6 Å². The van der Waals surface area contributed by atoms with Gasteiger partial charge >= 0.3 is 0 Å². The Labute approximate surface area is 116 Å². The molecule has 0 aliphatic heterocycles. The van der Waals surface area contributed by atoms with Crippen LogP contribution in [0, 0.1) is 6.92 Å². The first-order chi connectivity index (χ1) is 8.19. The molecule has 0 atom stereocenters. The van der Waals surface area contributed by atoms with Gasteiger partial charge in [0.25, 0.3) is 0 Å². The highest BCUT2D eigenvalue weighted by Gasteiger charge is 2.08. The molecule has 0 N–H and O–H groups in total. The van der Waals surface area contributed by atoms with E-state index >= 15 is 0 Å². The van der Waals surface area contributed by atoms with E-state index in [1.807, 2.05) is 19.1 Å². The van der Waals surface area contributed by atoms with Crippen LogP contribution in [-0.2, 0) is 10.6 Å². The number of aryl methyl sites for hydroxylation is 1. The van der Waals surface area contributed by atoms with Crippen molar-refractivity contribution in [1.29, 1.82) is 0 Å². The molecule has 2 nitrogen and oxygen atoms in total. The minimum absolute atomic E-state index is 0.450. The second-order valence-corrected chi connectivity index (χ2v) is 4.99. The third kappa shape index (κ3) is 4.86. The largest absolute Gasteiger partial charge is 0.491 e. The summed E-state index contributed by atoms with van der Waals surface area (Å²) < 4.78 is 12.1. The van der Waals surface area contributed by atoms with Gasteiger partial charge in [-0.05, 0) is 31.0 Å². The summed E-state index contributed by atoms with van der Waals surface area (Å²) in [5.41, 5.74) is 2.10. The van der Waals surface area contributed by atoms with Crippen molar-refractivity contribution in [2.45, 2.75) is 26.1 Å². The zero-order valence-electron chi connectivity index (χ0n) is 10.3. The molecule has 0 aromatic heterocycles. The quantitative estimate of drug-likeness (QED) is 0.550. The van der Waals surface area contributed by atoms with Crippen LogP contribution in [0.1, 0.15) is 24.5 Å². The smallest absolute Gasteiger partial charge is 0.126 e. The molecule has 0 heterocycles. The number of hydrogen-bond donors (Lipinski definition) is 0. The van der Waals surface area contributed by atoms with Gasteiger partial charge in [-0.1, -0.05) is 22.9 Å². The van der Waals surface area contributed by atoms with Crippen molar-refractivity contribution in [2.75, 3.05) is 19.8 Å². The predicted octanol–water partition coefficient (Wildman–Crippen LogP) is 4.30. The van der Waals surface area contributed by atoms with Crippen LogP contribution >= 0.6 is 27.5 Å². The van der Waals surface area contributed by atoms with Crippen molar-refractivity contribution < 1.29 is 9.47 Å². The molecule has 17 heavy (non-hydrogen) atoms. The van der Waals surface area contributed by atoms with Gasteiger partial charge < -0.3 is 9.47 Å². The number of ether oxygens (including phenoxy) is 2. The van der Waals surface area contributed by atoms with E-state index in [4.69, 9.17) is 21.1 Å². The van der Waals surface area contributed by atoms with Gasteiger partial charge in [0, 0.05) is 16.6 Å². The van der Waals surface area contributed by atoms with Crippen molar-refractivity contribution in [3.63, 3.8) is 0 Å². The van der Waals surface area contributed by atoms with Gasteiger partial charge in [0.05, 0.1) is 12.5 Å². The fourth-order valence-corrected chi connectivity index (χ4v) is 2.37. The number of benzene rings is 1. The van der Waals surface area contributed by atoms with Crippen LogP contribution in [0.3, 0.4) is 0 Å². The van der Waals surface area contributed by atoms with E-state index in [-0.39, 0.29) is 0 Å². The summed E-state index contributed by atoms with van der Waals surface area (Å²) in [5.74, 6) is 1.33. The third-order valence-electron chi connectivity index (χ3n) is 2.28. The molecular formula is C13H18BrClO2. The Bertz CT molecular complexity index is 356. The standard InChI is InChI=1S/C13H18BrClO2/c1-3-4-16-5-6-17-13-10(2)7-12(14)8-11(13)9-15/h7-8H,3-6,9H2,1-2H3. The molecule has 1 aromatic rings. The molecule has 0 bridgehead atoms. The normalized spacial score (nSPS) is 10.6. The molecule has 4 heteroatoms. The van der Waals surface area contributed by atoms with Gasteiger partial charge in [-0.3, -0.25) is 0 Å². The molecule has 0 amide bonds. The molecule has 96 valence electrons. The van der Waals surface area contributed by atoms with E-state index in [1.165, 1.54) is 0 Å². The minimum Gasteiger partial charge on any atom is -0.491 e. The Morgan fingerprint density at radius 2 is 2.00 bits per heavy atom. The maximum absolute atomic E-state index is 5.91. The van der Waals surface area contributed by atoms with Crippen molar-refractivity contribution in [3.8, 4) is 5.75 Å². The summed E-state index contributed by atoms with van der Waals surface area (Å²) in [6, 6.07) is 4.01. The van der Waals surface area contributed by atoms with E-state index in [0.717, 1.165) is 34.4 Å². The summed E-state index contributed by atoms with van der Waals surface area (Å²) in [7, 11) is 0. The highest BCUT2D eigenvalue weighted by Crippen LogP contribution is 2.29. The van der Waals surface area contributed by atoms with Gasteiger partial charge in [0.2, 0.25) is 0 Å². The summed E-state index contributed by atoms with van der Waals surface area (Å²) in [6.07, 6.45) is 1.03. The van der Waals surface area contributed by atoms with E-state index in [1.54, 1.807) is 0 Å². The molecule has 0 unspecified atom stereocenters. The van der Waals surface area contributed by atoms with Crippen LogP contribution in [0.5, 0.6) is 5.75 Å². The lowest BCUT2D eigenvalue weighted by atomic mass is 10.1. The van der Waals surface area contributed by atoms with Crippen LogP contribution < -0.4 is 4.74 Å². The first-order valence-electron chi connectivity index (χ1n) is 5.74. The van der Waals surface area contributed by atoms with Gasteiger partial charge in [0.15, 0.2) is 0 Å². The summed E-state index contributed by atoms with van der Waals surface area (Å²) in [5, 5.41) is 0. The average Bonchev–Trinajstić information content (AvgIpc) is 2.30. The Hall–Kier alpha value is -0.250. The van der Waals surface area contributed by atoms with E-state index < -0.39 is 0 Å². The first kappa shape index (κ1) is 14.8. The van der Waals surface area contributed by atoms with Crippen LogP contribution in [0.25, 0.3) is 0 Å². The van der Waals surface area contributed by atoms with Crippen molar-refractivity contribution >= 4 is 27.5 Å². The van der Waals surface area contributed by atoms with Gasteiger partial charge in [-0.25, -0.2) is 0 Å². The van der Waals surface area contributed by atoms with Crippen molar-refractivity contribution in [1.82, 2.24) is 0 Å². The molecule has 0 aliphatic carbocycles. The third-order valence-corrected chi connectivity index (χ3v) is 3.03. The van der Waals surface area contributed by atoms with Gasteiger partial charge in [-0.2, -0.15) is 0 Å². The SMILES string of the molecule is CCCOCCOc1c(C)cc(Br)cc1CCl. The summed E-state index contributed by atoms with van der Waals surface area (Å²) >= 11 is 9.36. The molecule has 1 aromatic carbocycles. The predicted molar refractivity (Wildman–Crippen MR) is 75.0 cm³/mol. The average molecular weight is 322 g/mol. The fourth-order valence-electron chi connectivity index (χ4n) is 1.55. The molecule has 0 aliphatic rings. The zero-order chi connectivity index (χ0) is 12.7. The summed E-state index contributed by atoms with van der Waals surface area (Å²) in [4.78, 5) is 0. The Morgan fingerprint density at radius 3 is 2.65 bits per heavy atom. The second-order valence-electron chi connectivity index (χ2n) is 3.81. The molecule has 0 spiro atoms. The maximum atomic E-state index is 5.91. The Balaban J connectivity index is 2.57. The number of halogens is 2. The fraction of sp³-hybridized carbons (Fsp3) is 0.538. The van der Waals surface area contributed by atoms with Gasteiger partial charge in [0.1, 0.15) is 12.4 Å². The van der Waals surface area contributed by atoms with Gasteiger partial charge in [-0.15, -0.1) is 11.6 Å². The highest BCUT2D eigenvalue weighted by atomic mass is 79.9. The zero-order valence-corrected chi connectivity index (χ0v) is 12.6. The van der Waals surface area contributed by atoms with Crippen molar-refractivity contribution in [3.05, 3.63) is 27.7 Å². The summed E-state index contributed by atoms with van der Waals surface area (Å²) in [6.45, 7) is 6.07. The Morgan fingerprint density at radius 1 is 1.24 bits per heavy atom. The molecular weight excluding hydrogens is 303 g/mol. The lowest BCUT2D eigenvalue weighted by molar-refractivity contribution is 0.100. The molecule has 0 saturated heterocycles. The van der Waals surface area contributed by atoms with E-state index in [0.29, 0.717) is 19.1 Å². The maximum Gasteiger partial charge on any atom is 0.126 e. The lowest BCUT2D eigenvalue weighted by Crippen LogP contribution is -2.09. The molecule has 1 rings (SSSR count). The van der Waals surface area contributed by atoms with Crippen molar-refractivity contribution in [2.24, 2.45) is 0 Å². The highest BCUT2D eigenvalue weighted by molar-refractivity contribution is 9.10. The minimum atomic E-state index is 0.450. The number of hydrogen-bond acceptors (Lipinski definition) is 2. The molecule has 0 radical (unpaired) electrons. The molecule has 0 fully saturated rings. The van der Waals surface area contributed by atoms with Crippen LogP contribution in [0.2, 0.25) is 0 Å². The monoisotopic (exact) mass is 320 g/mol. The second kappa shape index (κ2) is 7.96. The molecule has 0 saturated carbocycles. The number of alkyl halides is 1. The Kier molecular flexibility index (Phi) is 6.93. The first-order valence-corrected chi connectivity index (χ1v) is 7.07. The number of rotatable bonds is 7.